The molecular weight excluding hydrogens is 1170 g/mol. The lowest BCUT2D eigenvalue weighted by atomic mass is 9.77. The second-order valence-corrected chi connectivity index (χ2v) is 22.5. The van der Waals surface area contributed by atoms with Crippen LogP contribution in [0.3, 0.4) is 0 Å². The summed E-state index contributed by atoms with van der Waals surface area (Å²) in [4.78, 5) is 112. The Bertz CT molecular complexity index is 3880. The number of hydrogen-bond donors (Lipinski definition) is 5. The average molecular weight is 1250 g/mol. The highest BCUT2D eigenvalue weighted by atomic mass is 16.6. The summed E-state index contributed by atoms with van der Waals surface area (Å²) in [6, 6.07) is 46.1. The van der Waals surface area contributed by atoms with Crippen molar-refractivity contribution < 1.29 is 47.7 Å². The van der Waals surface area contributed by atoms with Gasteiger partial charge in [0, 0.05) is 39.1 Å². The Hall–Kier alpha value is -10.8. The Kier molecular flexibility index (Phi) is 22.5. The number of unbranched alkanes of at least 4 members (excludes halogenated alkanes) is 2. The maximum Gasteiger partial charge on any atom is 0.413 e. The van der Waals surface area contributed by atoms with Crippen LogP contribution in [-0.2, 0) is 65.3 Å². The van der Waals surface area contributed by atoms with E-state index in [1.807, 2.05) is 166 Å². The minimum atomic E-state index is -0.972. The summed E-state index contributed by atoms with van der Waals surface area (Å²) in [6.07, 6.45) is 5.27. The van der Waals surface area contributed by atoms with Gasteiger partial charge in [0.1, 0.15) is 44.0 Å². The summed E-state index contributed by atoms with van der Waals surface area (Å²) in [5.41, 5.74) is 9.85. The van der Waals surface area contributed by atoms with Crippen LogP contribution in [0.5, 0.6) is 11.6 Å². The zero-order chi connectivity index (χ0) is 64.9. The van der Waals surface area contributed by atoms with E-state index in [2.05, 4.69) is 51.2 Å². The molecule has 0 radical (unpaired) electrons. The molecule has 92 heavy (non-hydrogen) atoms. The molecule has 0 unspecified atom stereocenters. The molecule has 478 valence electrons. The zero-order valence-electron chi connectivity index (χ0n) is 51.8. The van der Waals surface area contributed by atoms with Gasteiger partial charge in [0.15, 0.2) is 28.1 Å². The van der Waals surface area contributed by atoms with Crippen molar-refractivity contribution in [1.82, 2.24) is 64.8 Å². The van der Waals surface area contributed by atoms with Gasteiger partial charge in [-0.25, -0.2) is 24.7 Å². The summed E-state index contributed by atoms with van der Waals surface area (Å²) >= 11 is 0. The first-order valence-corrected chi connectivity index (χ1v) is 30.1. The van der Waals surface area contributed by atoms with Gasteiger partial charge in [-0.2, -0.15) is 9.97 Å². The van der Waals surface area contributed by atoms with Crippen LogP contribution < -0.4 is 36.5 Å². The third-order valence-corrected chi connectivity index (χ3v) is 14.7. The fourth-order valence-electron chi connectivity index (χ4n) is 10.3. The second kappa shape index (κ2) is 31.6. The number of nitrogen functional groups attached to an aromatic ring is 1. The van der Waals surface area contributed by atoms with E-state index in [9.17, 15) is 28.8 Å². The van der Waals surface area contributed by atoms with E-state index in [1.54, 1.807) is 7.11 Å². The van der Waals surface area contributed by atoms with Crippen LogP contribution in [0.1, 0.15) is 74.3 Å². The molecule has 0 saturated heterocycles. The molecule has 25 nitrogen and oxygen atoms in total. The van der Waals surface area contributed by atoms with Crippen molar-refractivity contribution in [3.63, 3.8) is 0 Å². The van der Waals surface area contributed by atoms with Crippen molar-refractivity contribution in [2.24, 2.45) is 0 Å². The molecule has 5 aromatic carbocycles. The highest BCUT2D eigenvalue weighted by Gasteiger charge is 2.36. The highest BCUT2D eigenvalue weighted by Crippen LogP contribution is 2.37. The first-order valence-electron chi connectivity index (χ1n) is 30.1. The van der Waals surface area contributed by atoms with Crippen molar-refractivity contribution in [3.8, 4) is 11.6 Å². The maximum atomic E-state index is 14.9. The van der Waals surface area contributed by atoms with E-state index in [1.165, 1.54) is 37.9 Å². The molecule has 0 aliphatic heterocycles. The van der Waals surface area contributed by atoms with E-state index in [0.29, 0.717) is 25.0 Å². The summed E-state index contributed by atoms with van der Waals surface area (Å²) in [6.45, 7) is 4.30. The van der Waals surface area contributed by atoms with E-state index < -0.39 is 47.4 Å². The van der Waals surface area contributed by atoms with Crippen LogP contribution in [0.4, 0.5) is 16.6 Å². The number of methoxy groups -OCH3 is 1. The lowest BCUT2D eigenvalue weighted by Gasteiger charge is -2.38. The predicted molar refractivity (Wildman–Crippen MR) is 343 cm³/mol. The molecule has 0 atom stereocenters. The molecule has 0 saturated carbocycles. The highest BCUT2D eigenvalue weighted by molar-refractivity contribution is 5.94. The van der Waals surface area contributed by atoms with Crippen molar-refractivity contribution in [2.45, 2.75) is 83.9 Å². The monoisotopic (exact) mass is 1250 g/mol. The molecule has 4 heterocycles. The number of carbonyl (C=O) groups excluding carboxylic acids is 6. The molecule has 0 aliphatic rings. The van der Waals surface area contributed by atoms with E-state index in [4.69, 9.17) is 24.7 Å². The fraction of sp³-hybridized carbons (Fsp3) is 0.313. The predicted octanol–water partition coefficient (Wildman–Crippen LogP) is 6.96. The van der Waals surface area contributed by atoms with Gasteiger partial charge in [0.25, 0.3) is 0 Å². The molecule has 0 bridgehead atoms. The van der Waals surface area contributed by atoms with Gasteiger partial charge in [0.2, 0.25) is 35.5 Å². The van der Waals surface area contributed by atoms with Crippen LogP contribution in [0.15, 0.2) is 165 Å². The first-order chi connectivity index (χ1) is 44.5. The van der Waals surface area contributed by atoms with Gasteiger partial charge >= 0.3 is 12.1 Å². The molecule has 0 spiro atoms. The van der Waals surface area contributed by atoms with Crippen LogP contribution in [0.2, 0.25) is 0 Å². The van der Waals surface area contributed by atoms with Crippen LogP contribution in [0, 0.1) is 0 Å². The number of fused-ring (bicyclic) bond motifs is 2. The number of rotatable bonds is 31. The van der Waals surface area contributed by atoms with Gasteiger partial charge in [-0.05, 0) is 73.6 Å². The lowest BCUT2D eigenvalue weighted by Crippen LogP contribution is -2.50. The molecule has 5 amide bonds. The number of amides is 5. The van der Waals surface area contributed by atoms with Gasteiger partial charge in [-0.1, -0.05) is 140 Å². The molecular formula is C67H75N15O10. The van der Waals surface area contributed by atoms with Gasteiger partial charge < -0.3 is 54.2 Å². The Morgan fingerprint density at radius 3 is 1.72 bits per heavy atom. The van der Waals surface area contributed by atoms with Gasteiger partial charge in [0.05, 0.1) is 38.4 Å². The van der Waals surface area contributed by atoms with Crippen LogP contribution in [0.25, 0.3) is 22.3 Å². The summed E-state index contributed by atoms with van der Waals surface area (Å²) in [7, 11) is 1.60. The van der Waals surface area contributed by atoms with Crippen LogP contribution >= 0.6 is 0 Å². The first kappa shape index (κ1) is 65.6. The number of carbonyl (C=O) groups is 6. The number of nitrogens with one attached hydrogen (secondary N) is 4. The summed E-state index contributed by atoms with van der Waals surface area (Å²) in [5.74, 6) is -1.60. The number of hydrogen-bond acceptors (Lipinski definition) is 18. The van der Waals surface area contributed by atoms with E-state index in [0.717, 1.165) is 27.8 Å². The molecule has 0 fully saturated rings. The number of ether oxygens (including phenoxy) is 4. The third kappa shape index (κ3) is 18.0. The van der Waals surface area contributed by atoms with Crippen molar-refractivity contribution in [2.75, 3.05) is 64.0 Å². The molecule has 9 aromatic rings. The quantitative estimate of drug-likeness (QED) is 0.0167. The smallest absolute Gasteiger partial charge is 0.413 e. The summed E-state index contributed by atoms with van der Waals surface area (Å²) in [5, 5.41) is 12.2. The Morgan fingerprint density at radius 2 is 1.12 bits per heavy atom. The molecule has 0 aliphatic carbocycles. The standard InChI is InChI=1S/C67H75N15O10/c1-66(2,3)92-57(87)28-18-9-19-33-69-53(83)38-79(56(86)41-82-46-74-59-62(82)77-64(68)78-63(59)90-42-47-20-10-5-11-21-47)36-34-70-54(84)39-80(55(85)40-81-45-73-58-60(71-44-72-61(58)81)76-65(88)91-43-48-22-12-6-13-23-48)37-35-75-67(49-24-14-7-15-25-49,50-26-16-8-17-27-50)51-29-31-52(89-4)32-30-51/h5-8,10-17,20-27,29-32,44-46,75H,9,18-19,28,33-43H2,1-4H3,(H,69,83)(H,70,84)(H2,68,77,78)(H,71,72,76,88). The number of anilines is 2. The van der Waals surface area contributed by atoms with Gasteiger partial charge in [-0.3, -0.25) is 34.6 Å². The van der Waals surface area contributed by atoms with Crippen molar-refractivity contribution >= 4 is 69.8 Å². The minimum Gasteiger partial charge on any atom is -0.497 e. The summed E-state index contributed by atoms with van der Waals surface area (Å²) < 4.78 is 25.4. The number of benzene rings is 5. The molecule has 6 N–H and O–H groups in total. The average Bonchev–Trinajstić information content (AvgIpc) is 0.962. The number of nitrogens with two attached hydrogens (primary N) is 1. The molecule has 9 rings (SSSR count). The topological polar surface area (TPSA) is 307 Å². The Balaban J connectivity index is 0.930. The number of nitrogens with zero attached hydrogens (tertiary/aromatic N) is 10. The number of imidazole rings is 2. The minimum absolute atomic E-state index is 0.00320. The normalized spacial score (nSPS) is 11.4. The van der Waals surface area contributed by atoms with E-state index >= 15 is 0 Å². The maximum absolute atomic E-state index is 14.9. The number of aromatic nitrogens is 8. The van der Waals surface area contributed by atoms with Crippen molar-refractivity contribution in [3.05, 3.63) is 192 Å². The second-order valence-electron chi connectivity index (χ2n) is 22.5. The van der Waals surface area contributed by atoms with Gasteiger partial charge in [-0.15, -0.1) is 0 Å². The van der Waals surface area contributed by atoms with E-state index in [-0.39, 0.29) is 118 Å². The Morgan fingerprint density at radius 1 is 0.576 bits per heavy atom. The van der Waals surface area contributed by atoms with Crippen LogP contribution in [-0.4, -0.2) is 143 Å². The molecule has 25 heteroatoms. The third-order valence-electron chi connectivity index (χ3n) is 14.7. The largest absolute Gasteiger partial charge is 0.497 e. The lowest BCUT2D eigenvalue weighted by molar-refractivity contribution is -0.155. The fourth-order valence-corrected chi connectivity index (χ4v) is 10.3. The van der Waals surface area contributed by atoms with Crippen molar-refractivity contribution in [1.29, 1.82) is 0 Å². The SMILES string of the molecule is COc1ccc(C(NCCN(CC(=O)NCCN(CC(=O)NCCCCCC(=O)OC(C)(C)C)C(=O)Cn2cnc3c(OCc4ccccc4)nc(N)nc32)C(=O)Cn2cnc3c(NC(=O)OCc4ccccc4)ncnc32)(c2ccccc2)c2ccccc2)cc1. The zero-order valence-corrected chi connectivity index (χ0v) is 51.8. The molecule has 4 aromatic heterocycles. The number of esters is 1. The Labute approximate surface area is 532 Å².